The van der Waals surface area contributed by atoms with Crippen LogP contribution in [0.4, 0.5) is 0 Å². The second-order valence-electron chi connectivity index (χ2n) is 2.29. The highest BCUT2D eigenvalue weighted by Gasteiger charge is 1.84. The molecule has 1 aromatic rings. The molecule has 0 aliphatic carbocycles. The lowest BCUT2D eigenvalue weighted by Gasteiger charge is -1.92. The molecule has 0 saturated heterocycles. The van der Waals surface area contributed by atoms with E-state index >= 15 is 0 Å². The van der Waals surface area contributed by atoms with Crippen LogP contribution in [0.3, 0.4) is 0 Å². The third-order valence-corrected chi connectivity index (χ3v) is 1.89. The molecule has 0 aromatic carbocycles. The lowest BCUT2D eigenvalue weighted by Crippen LogP contribution is -2.13. The second-order valence-corrected chi connectivity index (χ2v) is 2.96. The fraction of sp³-hybridized carbons (Fsp3) is 0.444. The summed E-state index contributed by atoms with van der Waals surface area (Å²) in [5, 5.41) is 5.15. The van der Waals surface area contributed by atoms with E-state index < -0.39 is 0 Å². The van der Waals surface area contributed by atoms with E-state index in [1.54, 1.807) is 0 Å². The van der Waals surface area contributed by atoms with E-state index in [-0.39, 0.29) is 0 Å². The number of aromatic nitrogens is 1. The summed E-state index contributed by atoms with van der Waals surface area (Å²) in [6.45, 7) is 4.07. The summed E-state index contributed by atoms with van der Waals surface area (Å²) < 4.78 is 4.08. The maximum Gasteiger partial charge on any atom is 0.126 e. The van der Waals surface area contributed by atoms with Crippen molar-refractivity contribution in [2.45, 2.75) is 13.3 Å². The van der Waals surface area contributed by atoms with Gasteiger partial charge >= 0.3 is 0 Å². The van der Waals surface area contributed by atoms with Crippen LogP contribution in [0.25, 0.3) is 0 Å². The molecule has 12 heavy (non-hydrogen) atoms. The van der Waals surface area contributed by atoms with Crippen molar-refractivity contribution in [1.82, 2.24) is 9.69 Å². The van der Waals surface area contributed by atoms with Crippen LogP contribution in [0.1, 0.15) is 19.0 Å². The van der Waals surface area contributed by atoms with Gasteiger partial charge in [0, 0.05) is 18.3 Å². The molecule has 1 heterocycles. The molecule has 1 rings (SSSR count). The first-order valence-electron chi connectivity index (χ1n) is 4.03. The molecule has 0 spiro atoms. The predicted molar refractivity (Wildman–Crippen MR) is 52.2 cm³/mol. The van der Waals surface area contributed by atoms with E-state index in [0.717, 1.165) is 25.2 Å². The van der Waals surface area contributed by atoms with Gasteiger partial charge < -0.3 is 5.32 Å². The average molecular weight is 180 g/mol. The molecule has 0 unspecified atom stereocenters. The van der Waals surface area contributed by atoms with E-state index in [9.17, 15) is 0 Å². The van der Waals surface area contributed by atoms with Crippen LogP contribution in [-0.4, -0.2) is 17.5 Å². The molecule has 0 fully saturated rings. The number of hydrogen-bond acceptors (Lipinski definition) is 3. The smallest absolute Gasteiger partial charge is 0.126 e. The van der Waals surface area contributed by atoms with Gasteiger partial charge in [-0.3, -0.25) is 0 Å². The molecule has 0 radical (unpaired) electrons. The van der Waals surface area contributed by atoms with Gasteiger partial charge in [-0.1, -0.05) is 12.8 Å². The largest absolute Gasteiger partial charge is 0.316 e. The molecule has 1 aromatic heterocycles. The standard InChI is InChI=1S/C9H12N2S/c1-2-10-7-4-3-5-9-6-8-12-11-9/h6,8,10H,2,4,7H2,1H3. The minimum atomic E-state index is 0.886. The summed E-state index contributed by atoms with van der Waals surface area (Å²) in [6, 6.07) is 1.94. The molecule has 0 atom stereocenters. The molecular weight excluding hydrogens is 168 g/mol. The van der Waals surface area contributed by atoms with Crippen molar-refractivity contribution in [3.8, 4) is 11.8 Å². The Morgan fingerprint density at radius 2 is 2.58 bits per heavy atom. The Bertz CT molecular complexity index is 256. The molecule has 2 nitrogen and oxygen atoms in total. The number of hydrogen-bond donors (Lipinski definition) is 1. The molecule has 3 heteroatoms. The summed E-state index contributed by atoms with van der Waals surface area (Å²) in [7, 11) is 0. The van der Waals surface area contributed by atoms with E-state index in [0.29, 0.717) is 0 Å². The highest BCUT2D eigenvalue weighted by molar-refractivity contribution is 7.03. The number of nitrogens with one attached hydrogen (secondary N) is 1. The average Bonchev–Trinajstić information content (AvgIpc) is 2.57. The molecule has 0 aliphatic heterocycles. The van der Waals surface area contributed by atoms with Gasteiger partial charge in [0.05, 0.1) is 0 Å². The summed E-state index contributed by atoms with van der Waals surface area (Å²) in [6.07, 6.45) is 0.894. The Kier molecular flexibility index (Phi) is 4.43. The van der Waals surface area contributed by atoms with E-state index in [2.05, 4.69) is 28.5 Å². The van der Waals surface area contributed by atoms with Gasteiger partial charge in [-0.25, -0.2) is 0 Å². The minimum absolute atomic E-state index is 0.886. The summed E-state index contributed by atoms with van der Waals surface area (Å²) in [4.78, 5) is 0. The first-order chi connectivity index (χ1) is 5.93. The Labute approximate surface area is 77.2 Å². The molecule has 0 saturated carbocycles. The Morgan fingerprint density at radius 1 is 1.67 bits per heavy atom. The quantitative estimate of drug-likeness (QED) is 0.563. The van der Waals surface area contributed by atoms with Crippen molar-refractivity contribution >= 4 is 11.5 Å². The van der Waals surface area contributed by atoms with Crippen molar-refractivity contribution in [3.63, 3.8) is 0 Å². The van der Waals surface area contributed by atoms with Crippen LogP contribution < -0.4 is 5.32 Å². The van der Waals surface area contributed by atoms with Crippen LogP contribution in [0.2, 0.25) is 0 Å². The monoisotopic (exact) mass is 180 g/mol. The van der Waals surface area contributed by atoms with Gasteiger partial charge in [0.15, 0.2) is 0 Å². The molecular formula is C9H12N2S. The van der Waals surface area contributed by atoms with Crippen molar-refractivity contribution in [2.24, 2.45) is 0 Å². The minimum Gasteiger partial charge on any atom is -0.316 e. The number of rotatable bonds is 3. The molecule has 0 amide bonds. The lowest BCUT2D eigenvalue weighted by atomic mass is 10.3. The molecule has 0 aliphatic rings. The normalized spacial score (nSPS) is 9.08. The van der Waals surface area contributed by atoms with Crippen molar-refractivity contribution < 1.29 is 0 Å². The first-order valence-corrected chi connectivity index (χ1v) is 4.87. The summed E-state index contributed by atoms with van der Waals surface area (Å²) in [5.41, 5.74) is 0.886. The van der Waals surface area contributed by atoms with Gasteiger partial charge in [0.1, 0.15) is 5.69 Å². The van der Waals surface area contributed by atoms with Crippen LogP contribution in [0.15, 0.2) is 11.4 Å². The number of nitrogens with zero attached hydrogens (tertiary/aromatic N) is 1. The van der Waals surface area contributed by atoms with Crippen LogP contribution in [0.5, 0.6) is 0 Å². The summed E-state index contributed by atoms with van der Waals surface area (Å²) in [5.74, 6) is 6.05. The Hall–Kier alpha value is -0.850. The third kappa shape index (κ3) is 3.51. The van der Waals surface area contributed by atoms with Crippen LogP contribution in [0, 0.1) is 11.8 Å². The van der Waals surface area contributed by atoms with Crippen molar-refractivity contribution in [2.75, 3.05) is 13.1 Å². The van der Waals surface area contributed by atoms with E-state index in [1.165, 1.54) is 11.5 Å². The van der Waals surface area contributed by atoms with Gasteiger partial charge in [-0.2, -0.15) is 4.37 Å². The van der Waals surface area contributed by atoms with Crippen LogP contribution in [-0.2, 0) is 0 Å². The Morgan fingerprint density at radius 3 is 3.25 bits per heavy atom. The zero-order valence-corrected chi connectivity index (χ0v) is 7.95. The van der Waals surface area contributed by atoms with E-state index in [4.69, 9.17) is 0 Å². The lowest BCUT2D eigenvalue weighted by molar-refractivity contribution is 0.733. The summed E-state index contributed by atoms with van der Waals surface area (Å²) >= 11 is 1.44. The van der Waals surface area contributed by atoms with Crippen molar-refractivity contribution in [1.29, 1.82) is 0 Å². The van der Waals surface area contributed by atoms with Gasteiger partial charge in [0.25, 0.3) is 0 Å². The third-order valence-electron chi connectivity index (χ3n) is 1.33. The fourth-order valence-electron chi connectivity index (χ4n) is 0.758. The molecule has 64 valence electrons. The maximum absolute atomic E-state index is 4.08. The predicted octanol–water partition coefficient (Wildman–Crippen LogP) is 1.49. The zero-order chi connectivity index (χ0) is 8.65. The highest BCUT2D eigenvalue weighted by Crippen LogP contribution is 1.96. The fourth-order valence-corrected chi connectivity index (χ4v) is 1.23. The molecule has 0 bridgehead atoms. The maximum atomic E-state index is 4.08. The van der Waals surface area contributed by atoms with Crippen LogP contribution >= 0.6 is 11.5 Å². The van der Waals surface area contributed by atoms with Gasteiger partial charge in [-0.05, 0) is 30.1 Å². The highest BCUT2D eigenvalue weighted by atomic mass is 32.1. The molecule has 1 N–H and O–H groups in total. The van der Waals surface area contributed by atoms with Crippen molar-refractivity contribution in [3.05, 3.63) is 17.1 Å². The SMILES string of the molecule is CCNCCC#Cc1ccsn1. The van der Waals surface area contributed by atoms with Gasteiger partial charge in [0.2, 0.25) is 0 Å². The van der Waals surface area contributed by atoms with E-state index in [1.807, 2.05) is 11.4 Å². The first kappa shape index (κ1) is 9.24. The zero-order valence-electron chi connectivity index (χ0n) is 7.13. The topological polar surface area (TPSA) is 24.9 Å². The second kappa shape index (κ2) is 5.76. The Balaban J connectivity index is 2.21. The van der Waals surface area contributed by atoms with Gasteiger partial charge in [-0.15, -0.1) is 0 Å².